The number of hydrogen-bond acceptors (Lipinski definition) is 1. The molecule has 0 atom stereocenters. The summed E-state index contributed by atoms with van der Waals surface area (Å²) in [5, 5.41) is 12.4. The third kappa shape index (κ3) is 4.79. The number of rotatable bonds is 4. The molecule has 0 fully saturated rings. The first kappa shape index (κ1) is 20.8. The lowest BCUT2D eigenvalue weighted by molar-refractivity contribution is 0.422. The smallest absolute Gasteiger partial charge is 0.123 e. The summed E-state index contributed by atoms with van der Waals surface area (Å²) >= 11 is 0. The molecule has 0 aromatic heterocycles. The Balaban J connectivity index is 2.38. The Labute approximate surface area is 161 Å². The predicted octanol–water partition coefficient (Wildman–Crippen LogP) is 6.15. The minimum atomic E-state index is -1.46. The van der Waals surface area contributed by atoms with E-state index in [0.717, 1.165) is 17.5 Å². The maximum atomic E-state index is 10.9. The van der Waals surface area contributed by atoms with Crippen LogP contribution < -0.4 is 5.19 Å². The van der Waals surface area contributed by atoms with Crippen LogP contribution in [-0.4, -0.2) is 13.2 Å². The second-order valence-corrected chi connectivity index (χ2v) is 15.1. The van der Waals surface area contributed by atoms with Gasteiger partial charge in [-0.15, -0.1) is 0 Å². The van der Waals surface area contributed by atoms with Crippen LogP contribution in [0.2, 0.25) is 19.1 Å². The molecule has 0 heterocycles. The molecule has 0 bridgehead atoms. The van der Waals surface area contributed by atoms with Gasteiger partial charge in [-0.05, 0) is 40.0 Å². The van der Waals surface area contributed by atoms with Crippen LogP contribution in [0.4, 0.5) is 0 Å². The van der Waals surface area contributed by atoms with Crippen molar-refractivity contribution in [3.05, 3.63) is 59.2 Å². The van der Waals surface area contributed by atoms with Crippen LogP contribution in [0.5, 0.6) is 5.75 Å². The van der Waals surface area contributed by atoms with E-state index in [4.69, 9.17) is 0 Å². The largest absolute Gasteiger partial charge is 0.507 e. The van der Waals surface area contributed by atoms with Crippen molar-refractivity contribution in [3.63, 3.8) is 0 Å². The third-order valence-corrected chi connectivity index (χ3v) is 8.78. The first-order valence-corrected chi connectivity index (χ1v) is 13.0. The lowest BCUT2D eigenvalue weighted by Crippen LogP contribution is -2.41. The fourth-order valence-electron chi connectivity index (χ4n) is 3.47. The van der Waals surface area contributed by atoms with Crippen molar-refractivity contribution in [2.24, 2.45) is 0 Å². The molecule has 0 saturated heterocycles. The van der Waals surface area contributed by atoms with Gasteiger partial charge in [-0.2, -0.15) is 0 Å². The summed E-state index contributed by atoms with van der Waals surface area (Å²) in [5.74, 6) is 0.480. The average molecular weight is 369 g/mol. The van der Waals surface area contributed by atoms with Crippen molar-refractivity contribution in [1.29, 1.82) is 0 Å². The molecule has 142 valence electrons. The normalized spacial score (nSPS) is 13.1. The lowest BCUT2D eigenvalue weighted by atomic mass is 9.78. The van der Waals surface area contributed by atoms with Crippen LogP contribution in [-0.2, 0) is 17.3 Å². The van der Waals surface area contributed by atoms with Crippen LogP contribution >= 0.6 is 0 Å². The van der Waals surface area contributed by atoms with Crippen LogP contribution in [0.3, 0.4) is 0 Å². The van der Waals surface area contributed by atoms with E-state index in [1.807, 2.05) is 0 Å². The molecule has 1 nitrogen and oxygen atoms in total. The molecular weight excluding hydrogens is 332 g/mol. The van der Waals surface area contributed by atoms with Crippen LogP contribution in [0.25, 0.3) is 0 Å². The van der Waals surface area contributed by atoms with Crippen molar-refractivity contribution >= 4 is 13.3 Å². The van der Waals surface area contributed by atoms with Gasteiger partial charge in [-0.3, -0.25) is 0 Å². The maximum absolute atomic E-state index is 10.9. The molecular formula is C24H36OSi. The van der Waals surface area contributed by atoms with Crippen molar-refractivity contribution < 1.29 is 5.11 Å². The van der Waals surface area contributed by atoms with Crippen molar-refractivity contribution in [3.8, 4) is 5.75 Å². The zero-order valence-corrected chi connectivity index (χ0v) is 18.9. The van der Waals surface area contributed by atoms with Gasteiger partial charge in [-0.25, -0.2) is 0 Å². The van der Waals surface area contributed by atoms with E-state index in [2.05, 4.69) is 97.1 Å². The Hall–Kier alpha value is -1.54. The third-order valence-electron chi connectivity index (χ3n) is 5.38. The second kappa shape index (κ2) is 7.23. The highest BCUT2D eigenvalue weighted by Gasteiger charge is 2.28. The lowest BCUT2D eigenvalue weighted by Gasteiger charge is -2.29. The van der Waals surface area contributed by atoms with Gasteiger partial charge in [0.1, 0.15) is 5.75 Å². The first-order chi connectivity index (χ1) is 11.8. The van der Waals surface area contributed by atoms with E-state index in [9.17, 15) is 5.11 Å². The zero-order chi connectivity index (χ0) is 19.8. The molecule has 26 heavy (non-hydrogen) atoms. The molecule has 0 saturated carbocycles. The Morgan fingerprint density at radius 3 is 1.69 bits per heavy atom. The van der Waals surface area contributed by atoms with Gasteiger partial charge in [0.05, 0.1) is 8.07 Å². The van der Waals surface area contributed by atoms with E-state index >= 15 is 0 Å². The molecule has 2 heteroatoms. The number of aryl methyl sites for hydroxylation is 1. The van der Waals surface area contributed by atoms with Gasteiger partial charge in [0.2, 0.25) is 0 Å². The molecule has 0 radical (unpaired) electrons. The Bertz CT molecular complexity index is 711. The number of benzene rings is 2. The second-order valence-electron chi connectivity index (χ2n) is 10.3. The molecule has 2 rings (SSSR count). The molecule has 1 N–H and O–H groups in total. The number of aromatic hydroxyl groups is 1. The topological polar surface area (TPSA) is 20.2 Å². The number of phenolic OH excluding ortho intramolecular Hbond substituents is 1. The van der Waals surface area contributed by atoms with Gasteiger partial charge in [-0.1, -0.05) is 102 Å². The highest BCUT2D eigenvalue weighted by atomic mass is 28.3. The molecule has 2 aromatic carbocycles. The van der Waals surface area contributed by atoms with Crippen LogP contribution in [0.15, 0.2) is 42.5 Å². The summed E-state index contributed by atoms with van der Waals surface area (Å²) in [5.41, 5.74) is 3.37. The monoisotopic (exact) mass is 368 g/mol. The van der Waals surface area contributed by atoms with E-state index in [1.54, 1.807) is 0 Å². The molecule has 0 amide bonds. The minimum Gasteiger partial charge on any atom is -0.507 e. The molecule has 0 spiro atoms. The Morgan fingerprint density at radius 2 is 1.27 bits per heavy atom. The van der Waals surface area contributed by atoms with E-state index in [0.29, 0.717) is 5.75 Å². The standard InChI is InChI=1S/C24H36OSi/c1-23(2,3)20-16-18(17-21(22(20)25)24(4,5)6)14-15-26(7,8)19-12-10-9-11-13-19/h9-13,16-17,25H,14-15H2,1-8H3. The summed E-state index contributed by atoms with van der Waals surface area (Å²) in [6.45, 7) is 18.0. The summed E-state index contributed by atoms with van der Waals surface area (Å²) in [7, 11) is -1.46. The van der Waals surface area contributed by atoms with Gasteiger partial charge >= 0.3 is 0 Å². The first-order valence-electron chi connectivity index (χ1n) is 9.75. The fraction of sp³-hybridized carbons (Fsp3) is 0.500. The average Bonchev–Trinajstić information content (AvgIpc) is 2.52. The van der Waals surface area contributed by atoms with E-state index in [1.165, 1.54) is 16.8 Å². The van der Waals surface area contributed by atoms with Crippen LogP contribution in [0, 0.1) is 0 Å². The minimum absolute atomic E-state index is 0.0630. The van der Waals surface area contributed by atoms with Crippen molar-refractivity contribution in [2.45, 2.75) is 77.9 Å². The zero-order valence-electron chi connectivity index (χ0n) is 17.9. The maximum Gasteiger partial charge on any atom is 0.123 e. The number of hydrogen-bond donors (Lipinski definition) is 1. The summed E-state index contributed by atoms with van der Waals surface area (Å²) < 4.78 is 0. The SMILES string of the molecule is CC(C)(C)c1cc(CC[Si](C)(C)c2ccccc2)cc(C(C)(C)C)c1O. The van der Waals surface area contributed by atoms with Crippen molar-refractivity contribution in [1.82, 2.24) is 0 Å². The molecule has 0 aliphatic rings. The van der Waals surface area contributed by atoms with Gasteiger partial charge < -0.3 is 5.11 Å². The fourth-order valence-corrected chi connectivity index (χ4v) is 5.77. The summed E-state index contributed by atoms with van der Waals surface area (Å²) in [6, 6.07) is 16.7. The van der Waals surface area contributed by atoms with Crippen molar-refractivity contribution in [2.75, 3.05) is 0 Å². The highest BCUT2D eigenvalue weighted by molar-refractivity contribution is 6.89. The van der Waals surface area contributed by atoms with Gasteiger partial charge in [0.15, 0.2) is 0 Å². The van der Waals surface area contributed by atoms with Gasteiger partial charge in [0.25, 0.3) is 0 Å². The molecule has 2 aromatic rings. The van der Waals surface area contributed by atoms with Gasteiger partial charge in [0, 0.05) is 0 Å². The molecule has 0 aliphatic heterocycles. The molecule has 0 aliphatic carbocycles. The Kier molecular flexibility index (Phi) is 5.77. The number of phenols is 1. The molecule has 0 unspecified atom stereocenters. The van der Waals surface area contributed by atoms with Crippen LogP contribution in [0.1, 0.15) is 58.2 Å². The highest BCUT2D eigenvalue weighted by Crippen LogP contribution is 2.40. The summed E-state index contributed by atoms with van der Waals surface area (Å²) in [6.07, 6.45) is 1.07. The predicted molar refractivity (Wildman–Crippen MR) is 118 cm³/mol. The van der Waals surface area contributed by atoms with E-state index in [-0.39, 0.29) is 10.8 Å². The van der Waals surface area contributed by atoms with E-state index < -0.39 is 8.07 Å². The Morgan fingerprint density at radius 1 is 0.808 bits per heavy atom. The quantitative estimate of drug-likeness (QED) is 0.642. The summed E-state index contributed by atoms with van der Waals surface area (Å²) in [4.78, 5) is 0.